The van der Waals surface area contributed by atoms with Crippen LogP contribution in [0.2, 0.25) is 0 Å². The van der Waals surface area contributed by atoms with Crippen LogP contribution in [0.25, 0.3) is 0 Å². The Bertz CT molecular complexity index is 437. The van der Waals surface area contributed by atoms with Gasteiger partial charge in [0.1, 0.15) is 0 Å². The van der Waals surface area contributed by atoms with Crippen molar-refractivity contribution in [1.82, 2.24) is 4.90 Å². The van der Waals surface area contributed by atoms with Gasteiger partial charge in [-0.2, -0.15) is 0 Å². The lowest BCUT2D eigenvalue weighted by Gasteiger charge is -2.26. The second-order valence-electron chi connectivity index (χ2n) is 5.43. The van der Waals surface area contributed by atoms with Crippen molar-refractivity contribution in [3.05, 3.63) is 29.8 Å². The topological polar surface area (TPSA) is 23.6 Å². The van der Waals surface area contributed by atoms with Crippen LogP contribution >= 0.6 is 0 Å². The van der Waals surface area contributed by atoms with Gasteiger partial charge in [-0.1, -0.05) is 20.8 Å². The lowest BCUT2D eigenvalue weighted by molar-refractivity contribution is 0.0988. The molecule has 1 heterocycles. The number of likely N-dealkylation sites (N-methyl/N-ethyl adjacent to an activating group) is 1. The summed E-state index contributed by atoms with van der Waals surface area (Å²) in [7, 11) is 0. The van der Waals surface area contributed by atoms with Gasteiger partial charge in [0, 0.05) is 36.8 Å². The quantitative estimate of drug-likeness (QED) is 0.744. The predicted molar refractivity (Wildman–Crippen MR) is 84.6 cm³/mol. The third-order valence-corrected chi connectivity index (χ3v) is 4.37. The van der Waals surface area contributed by atoms with Gasteiger partial charge in [0.2, 0.25) is 0 Å². The molecule has 1 aliphatic heterocycles. The maximum absolute atomic E-state index is 11.6. The Kier molecular flexibility index (Phi) is 5.18. The first kappa shape index (κ1) is 15.0. The van der Waals surface area contributed by atoms with Crippen molar-refractivity contribution in [2.24, 2.45) is 0 Å². The van der Waals surface area contributed by atoms with Crippen LogP contribution in [0.15, 0.2) is 24.3 Å². The molecule has 0 bridgehead atoms. The Hall–Kier alpha value is -1.35. The number of benzene rings is 1. The number of Topliss-reactive ketones (excluding diaryl/α,β-unsaturated/α-hetero) is 1. The summed E-state index contributed by atoms with van der Waals surface area (Å²) in [4.78, 5) is 16.6. The molecule has 3 heteroatoms. The highest BCUT2D eigenvalue weighted by Gasteiger charge is 2.26. The molecule has 0 aliphatic carbocycles. The van der Waals surface area contributed by atoms with E-state index in [1.165, 1.54) is 12.1 Å². The highest BCUT2D eigenvalue weighted by Crippen LogP contribution is 2.23. The van der Waals surface area contributed by atoms with E-state index in [0.717, 1.165) is 31.7 Å². The Morgan fingerprint density at radius 2 is 1.85 bits per heavy atom. The monoisotopic (exact) mass is 274 g/mol. The zero-order valence-electron chi connectivity index (χ0n) is 12.9. The Balaban J connectivity index is 2.01. The lowest BCUT2D eigenvalue weighted by Crippen LogP contribution is -2.37. The summed E-state index contributed by atoms with van der Waals surface area (Å²) in [6.07, 6.45) is 1.81. The second kappa shape index (κ2) is 6.89. The molecule has 1 aliphatic rings. The average Bonchev–Trinajstić information content (AvgIpc) is 2.97. The Labute approximate surface area is 122 Å². The maximum atomic E-state index is 11.6. The van der Waals surface area contributed by atoms with E-state index in [4.69, 9.17) is 0 Å². The minimum absolute atomic E-state index is 0.221. The molecule has 1 fully saturated rings. The summed E-state index contributed by atoms with van der Waals surface area (Å²) in [6, 6.07) is 8.78. The van der Waals surface area contributed by atoms with Gasteiger partial charge in [-0.25, -0.2) is 0 Å². The molecular formula is C17H26N2O. The third-order valence-electron chi connectivity index (χ3n) is 4.37. The van der Waals surface area contributed by atoms with Crippen LogP contribution in [0, 0.1) is 0 Å². The van der Waals surface area contributed by atoms with Crippen molar-refractivity contribution >= 4 is 11.5 Å². The van der Waals surface area contributed by atoms with Crippen molar-refractivity contribution in [2.75, 3.05) is 31.1 Å². The summed E-state index contributed by atoms with van der Waals surface area (Å²) >= 11 is 0. The van der Waals surface area contributed by atoms with Gasteiger partial charge in [0.15, 0.2) is 5.78 Å². The van der Waals surface area contributed by atoms with Crippen LogP contribution in [-0.4, -0.2) is 42.9 Å². The van der Waals surface area contributed by atoms with Crippen LogP contribution < -0.4 is 4.90 Å². The molecule has 2 rings (SSSR count). The number of anilines is 1. The van der Waals surface area contributed by atoms with E-state index >= 15 is 0 Å². The van der Waals surface area contributed by atoms with E-state index in [0.29, 0.717) is 12.5 Å². The SMILES string of the molecule is CCC(=O)c1ccc(N2CCC(N(CC)CC)C2)cc1. The molecule has 0 N–H and O–H groups in total. The molecule has 1 saturated heterocycles. The van der Waals surface area contributed by atoms with E-state index < -0.39 is 0 Å². The van der Waals surface area contributed by atoms with Crippen LogP contribution in [0.4, 0.5) is 5.69 Å². The zero-order valence-corrected chi connectivity index (χ0v) is 12.9. The smallest absolute Gasteiger partial charge is 0.162 e. The van der Waals surface area contributed by atoms with E-state index in [1.54, 1.807) is 0 Å². The van der Waals surface area contributed by atoms with Crippen molar-refractivity contribution in [3.8, 4) is 0 Å². The van der Waals surface area contributed by atoms with Crippen LogP contribution in [-0.2, 0) is 0 Å². The van der Waals surface area contributed by atoms with Crippen LogP contribution in [0.5, 0.6) is 0 Å². The largest absolute Gasteiger partial charge is 0.370 e. The van der Waals surface area contributed by atoms with E-state index in [-0.39, 0.29) is 5.78 Å². The summed E-state index contributed by atoms with van der Waals surface area (Å²) in [5, 5.41) is 0. The zero-order chi connectivity index (χ0) is 14.5. The van der Waals surface area contributed by atoms with Crippen molar-refractivity contribution in [3.63, 3.8) is 0 Å². The summed E-state index contributed by atoms with van der Waals surface area (Å²) in [5.41, 5.74) is 2.07. The van der Waals surface area contributed by atoms with Gasteiger partial charge in [-0.3, -0.25) is 9.69 Å². The molecule has 20 heavy (non-hydrogen) atoms. The molecule has 0 spiro atoms. The maximum Gasteiger partial charge on any atom is 0.162 e. The van der Waals surface area contributed by atoms with Crippen LogP contribution in [0.1, 0.15) is 44.0 Å². The second-order valence-corrected chi connectivity index (χ2v) is 5.43. The predicted octanol–water partition coefficient (Wildman–Crippen LogP) is 3.20. The summed E-state index contributed by atoms with van der Waals surface area (Å²) < 4.78 is 0. The van der Waals surface area contributed by atoms with Crippen molar-refractivity contribution in [1.29, 1.82) is 0 Å². The number of ketones is 1. The van der Waals surface area contributed by atoms with Gasteiger partial charge < -0.3 is 4.90 Å². The third kappa shape index (κ3) is 3.21. The fraction of sp³-hybridized carbons (Fsp3) is 0.588. The fourth-order valence-corrected chi connectivity index (χ4v) is 3.08. The van der Waals surface area contributed by atoms with E-state index in [9.17, 15) is 4.79 Å². The first-order valence-corrected chi connectivity index (χ1v) is 7.81. The molecule has 0 aromatic heterocycles. The number of hydrogen-bond donors (Lipinski definition) is 0. The number of rotatable bonds is 6. The molecule has 1 atom stereocenters. The lowest BCUT2D eigenvalue weighted by atomic mass is 10.1. The average molecular weight is 274 g/mol. The van der Waals surface area contributed by atoms with Crippen molar-refractivity contribution in [2.45, 2.75) is 39.7 Å². The normalized spacial score (nSPS) is 18.8. The Morgan fingerprint density at radius 3 is 2.40 bits per heavy atom. The van der Waals surface area contributed by atoms with Gasteiger partial charge in [-0.15, -0.1) is 0 Å². The molecule has 1 unspecified atom stereocenters. The molecule has 0 saturated carbocycles. The molecule has 1 aromatic carbocycles. The summed E-state index contributed by atoms with van der Waals surface area (Å²) in [5.74, 6) is 0.221. The summed E-state index contributed by atoms with van der Waals surface area (Å²) in [6.45, 7) is 10.8. The van der Waals surface area contributed by atoms with E-state index in [2.05, 4.69) is 35.8 Å². The molecule has 1 aromatic rings. The van der Waals surface area contributed by atoms with Gasteiger partial charge >= 0.3 is 0 Å². The molecule has 3 nitrogen and oxygen atoms in total. The highest BCUT2D eigenvalue weighted by molar-refractivity contribution is 5.96. The number of carbonyl (C=O) groups excluding carboxylic acids is 1. The minimum atomic E-state index is 0.221. The first-order chi connectivity index (χ1) is 9.69. The van der Waals surface area contributed by atoms with Gasteiger partial charge in [0.05, 0.1) is 0 Å². The van der Waals surface area contributed by atoms with Gasteiger partial charge in [0.25, 0.3) is 0 Å². The number of hydrogen-bond acceptors (Lipinski definition) is 3. The molecular weight excluding hydrogens is 248 g/mol. The van der Waals surface area contributed by atoms with E-state index in [1.807, 2.05) is 19.1 Å². The van der Waals surface area contributed by atoms with Crippen LogP contribution in [0.3, 0.4) is 0 Å². The number of carbonyl (C=O) groups is 1. The minimum Gasteiger partial charge on any atom is -0.370 e. The fourth-order valence-electron chi connectivity index (χ4n) is 3.08. The highest BCUT2D eigenvalue weighted by atomic mass is 16.1. The number of nitrogens with zero attached hydrogens (tertiary/aromatic N) is 2. The standard InChI is InChI=1S/C17H26N2O/c1-4-17(20)14-7-9-15(10-8-14)19-12-11-16(13-19)18(5-2)6-3/h7-10,16H,4-6,11-13H2,1-3H3. The molecule has 0 radical (unpaired) electrons. The van der Waals surface area contributed by atoms with Crippen molar-refractivity contribution < 1.29 is 4.79 Å². The molecule has 0 amide bonds. The van der Waals surface area contributed by atoms with Gasteiger partial charge in [-0.05, 0) is 43.8 Å². The molecule has 110 valence electrons. The first-order valence-electron chi connectivity index (χ1n) is 7.81. The Morgan fingerprint density at radius 1 is 1.20 bits per heavy atom.